The van der Waals surface area contributed by atoms with Crippen LogP contribution >= 0.6 is 15.9 Å². The van der Waals surface area contributed by atoms with E-state index in [0.717, 1.165) is 17.9 Å². The minimum atomic E-state index is 0.665. The van der Waals surface area contributed by atoms with E-state index in [1.165, 1.54) is 43.4 Å². The van der Waals surface area contributed by atoms with Crippen molar-refractivity contribution in [1.29, 1.82) is 0 Å². The van der Waals surface area contributed by atoms with Crippen LogP contribution in [0.5, 0.6) is 0 Å². The second-order valence-corrected chi connectivity index (χ2v) is 7.47. The van der Waals surface area contributed by atoms with Crippen LogP contribution in [0.3, 0.4) is 0 Å². The number of benzene rings is 1. The molecule has 0 amide bonds. The topological polar surface area (TPSA) is 15.3 Å². The molecule has 0 bridgehead atoms. The zero-order chi connectivity index (χ0) is 13.7. The zero-order valence-corrected chi connectivity index (χ0v) is 13.7. The molecule has 2 nitrogen and oxygen atoms in total. The lowest BCUT2D eigenvalue weighted by atomic mass is 9.92. The van der Waals surface area contributed by atoms with E-state index in [9.17, 15) is 0 Å². The van der Waals surface area contributed by atoms with Gasteiger partial charge in [0.2, 0.25) is 0 Å². The molecule has 2 heterocycles. The summed E-state index contributed by atoms with van der Waals surface area (Å²) in [5, 5.41) is 3.59. The Labute approximate surface area is 130 Å². The molecule has 20 heavy (non-hydrogen) atoms. The minimum absolute atomic E-state index is 0.665. The average molecular weight is 335 g/mol. The van der Waals surface area contributed by atoms with Crippen LogP contribution in [0, 0.1) is 11.8 Å². The highest BCUT2D eigenvalue weighted by Gasteiger charge is 2.46. The van der Waals surface area contributed by atoms with Gasteiger partial charge in [-0.25, -0.2) is 0 Å². The van der Waals surface area contributed by atoms with Crippen LogP contribution in [0.1, 0.15) is 36.9 Å². The first-order valence-electron chi connectivity index (χ1n) is 8.03. The van der Waals surface area contributed by atoms with Gasteiger partial charge in [-0.3, -0.25) is 4.90 Å². The monoisotopic (exact) mass is 334 g/mol. The normalized spacial score (nSPS) is 36.3. The molecule has 3 aliphatic rings. The van der Waals surface area contributed by atoms with Gasteiger partial charge in [0, 0.05) is 23.1 Å². The second-order valence-electron chi connectivity index (χ2n) is 6.62. The van der Waals surface area contributed by atoms with Gasteiger partial charge in [0.1, 0.15) is 0 Å². The van der Waals surface area contributed by atoms with E-state index in [2.05, 4.69) is 51.3 Å². The molecule has 0 spiro atoms. The number of nitrogens with one attached hydrogen (secondary N) is 1. The van der Waals surface area contributed by atoms with Crippen molar-refractivity contribution in [3.63, 3.8) is 0 Å². The maximum atomic E-state index is 3.74. The van der Waals surface area contributed by atoms with Crippen molar-refractivity contribution in [3.8, 4) is 0 Å². The Morgan fingerprint density at radius 1 is 1.35 bits per heavy atom. The summed E-state index contributed by atoms with van der Waals surface area (Å²) in [6, 6.07) is 8.21. The Balaban J connectivity index is 1.65. The van der Waals surface area contributed by atoms with Crippen molar-refractivity contribution in [2.24, 2.45) is 11.8 Å². The van der Waals surface area contributed by atoms with E-state index in [1.807, 2.05) is 0 Å². The smallest absolute Gasteiger partial charge is 0.0357 e. The molecule has 2 aliphatic heterocycles. The van der Waals surface area contributed by atoms with Crippen LogP contribution < -0.4 is 5.32 Å². The van der Waals surface area contributed by atoms with Crippen LogP contribution in [-0.4, -0.2) is 30.6 Å². The quantitative estimate of drug-likeness (QED) is 0.892. The fraction of sp³-hybridized carbons (Fsp3) is 0.647. The maximum Gasteiger partial charge on any atom is 0.0357 e. The molecule has 108 valence electrons. The lowest BCUT2D eigenvalue weighted by Gasteiger charge is -2.33. The fourth-order valence-corrected chi connectivity index (χ4v) is 5.46. The Kier molecular flexibility index (Phi) is 3.40. The highest BCUT2D eigenvalue weighted by Crippen LogP contribution is 2.45. The number of fused-ring (bicyclic) bond motifs is 2. The number of nitrogens with zero attached hydrogens (tertiary/aromatic N) is 1. The molecule has 1 N–H and O–H groups in total. The highest BCUT2D eigenvalue weighted by atomic mass is 79.9. The van der Waals surface area contributed by atoms with E-state index in [1.54, 1.807) is 11.1 Å². The minimum Gasteiger partial charge on any atom is -0.316 e. The van der Waals surface area contributed by atoms with E-state index in [-0.39, 0.29) is 0 Å². The molecular formula is C17H23BrN2. The fourth-order valence-electron chi connectivity index (χ4n) is 4.88. The Morgan fingerprint density at radius 2 is 2.25 bits per heavy atom. The molecule has 2 fully saturated rings. The van der Waals surface area contributed by atoms with Crippen molar-refractivity contribution in [3.05, 3.63) is 33.8 Å². The van der Waals surface area contributed by atoms with Crippen molar-refractivity contribution in [2.75, 3.05) is 19.6 Å². The molecule has 4 unspecified atom stereocenters. The van der Waals surface area contributed by atoms with E-state index in [4.69, 9.17) is 0 Å². The summed E-state index contributed by atoms with van der Waals surface area (Å²) in [5.41, 5.74) is 3.15. The van der Waals surface area contributed by atoms with Crippen molar-refractivity contribution >= 4 is 15.9 Å². The van der Waals surface area contributed by atoms with Gasteiger partial charge >= 0.3 is 0 Å². The standard InChI is InChI=1S/C17H23BrN2/c1-2-16-14-9-19-8-11(14)10-20(16)17-7-6-12-13(17)4-3-5-15(12)18/h3-5,11,14,16-17,19H,2,6-10H2,1H3. The Morgan fingerprint density at radius 3 is 3.10 bits per heavy atom. The van der Waals surface area contributed by atoms with E-state index >= 15 is 0 Å². The lowest BCUT2D eigenvalue weighted by Crippen LogP contribution is -2.37. The van der Waals surface area contributed by atoms with Gasteiger partial charge in [-0.15, -0.1) is 0 Å². The molecule has 1 aromatic rings. The van der Waals surface area contributed by atoms with Crippen LogP contribution in [-0.2, 0) is 6.42 Å². The van der Waals surface area contributed by atoms with Crippen molar-refractivity contribution in [2.45, 2.75) is 38.3 Å². The van der Waals surface area contributed by atoms with Crippen LogP contribution in [0.25, 0.3) is 0 Å². The molecular weight excluding hydrogens is 312 g/mol. The first kappa shape index (κ1) is 13.3. The lowest BCUT2D eigenvalue weighted by molar-refractivity contribution is 0.154. The van der Waals surface area contributed by atoms with Crippen LogP contribution in [0.4, 0.5) is 0 Å². The molecule has 2 saturated heterocycles. The number of halogens is 1. The highest BCUT2D eigenvalue weighted by molar-refractivity contribution is 9.10. The molecule has 1 aliphatic carbocycles. The van der Waals surface area contributed by atoms with Crippen molar-refractivity contribution in [1.82, 2.24) is 10.2 Å². The molecule has 4 atom stereocenters. The summed E-state index contributed by atoms with van der Waals surface area (Å²) in [7, 11) is 0. The SMILES string of the molecule is CCC1C2CNCC2CN1C1CCc2c(Br)cccc21. The molecule has 0 saturated carbocycles. The van der Waals surface area contributed by atoms with Crippen LogP contribution in [0.2, 0.25) is 0 Å². The summed E-state index contributed by atoms with van der Waals surface area (Å²) in [6.45, 7) is 6.13. The van der Waals surface area contributed by atoms with Gasteiger partial charge in [-0.2, -0.15) is 0 Å². The Hall–Kier alpha value is -0.380. The second kappa shape index (κ2) is 5.11. The third-order valence-corrected chi connectivity index (χ3v) is 6.50. The van der Waals surface area contributed by atoms with Gasteiger partial charge in [0.25, 0.3) is 0 Å². The molecule has 3 heteroatoms. The predicted molar refractivity (Wildman–Crippen MR) is 85.8 cm³/mol. The number of rotatable bonds is 2. The van der Waals surface area contributed by atoms with Gasteiger partial charge < -0.3 is 5.32 Å². The van der Waals surface area contributed by atoms with Gasteiger partial charge in [-0.1, -0.05) is 35.0 Å². The first-order chi connectivity index (χ1) is 9.79. The predicted octanol–water partition coefficient (Wildman–Crippen LogP) is 3.37. The third kappa shape index (κ3) is 1.90. The number of hydrogen-bond donors (Lipinski definition) is 1. The molecule has 4 rings (SSSR count). The molecule has 0 radical (unpaired) electrons. The number of hydrogen-bond acceptors (Lipinski definition) is 2. The largest absolute Gasteiger partial charge is 0.316 e. The van der Waals surface area contributed by atoms with E-state index < -0.39 is 0 Å². The summed E-state index contributed by atoms with van der Waals surface area (Å²) >= 11 is 3.74. The van der Waals surface area contributed by atoms with E-state index in [0.29, 0.717) is 6.04 Å². The van der Waals surface area contributed by atoms with Gasteiger partial charge in [0.05, 0.1) is 0 Å². The van der Waals surface area contributed by atoms with Crippen LogP contribution in [0.15, 0.2) is 22.7 Å². The third-order valence-electron chi connectivity index (χ3n) is 5.76. The van der Waals surface area contributed by atoms with Gasteiger partial charge in [-0.05, 0) is 61.4 Å². The summed E-state index contributed by atoms with van der Waals surface area (Å²) < 4.78 is 1.31. The first-order valence-corrected chi connectivity index (χ1v) is 8.82. The summed E-state index contributed by atoms with van der Waals surface area (Å²) in [6.07, 6.45) is 3.84. The molecule has 1 aromatic carbocycles. The Bertz CT molecular complexity index is 516. The molecule has 0 aromatic heterocycles. The summed E-state index contributed by atoms with van der Waals surface area (Å²) in [4.78, 5) is 2.84. The maximum absolute atomic E-state index is 3.74. The zero-order valence-electron chi connectivity index (χ0n) is 12.1. The van der Waals surface area contributed by atoms with Crippen molar-refractivity contribution < 1.29 is 0 Å². The summed E-state index contributed by atoms with van der Waals surface area (Å²) in [5.74, 6) is 1.77. The van der Waals surface area contributed by atoms with Gasteiger partial charge in [0.15, 0.2) is 0 Å². The average Bonchev–Trinajstić information content (AvgIpc) is 3.11. The number of likely N-dealkylation sites (tertiary alicyclic amines) is 1.